The average molecular weight is 390 g/mol. The molecule has 2 rings (SSSR count). The summed E-state index contributed by atoms with van der Waals surface area (Å²) in [6, 6.07) is 15.4. The molecule has 0 fully saturated rings. The van der Waals surface area contributed by atoms with Gasteiger partial charge in [0, 0.05) is 31.1 Å². The van der Waals surface area contributed by atoms with Crippen LogP contribution in [0.15, 0.2) is 48.5 Å². The van der Waals surface area contributed by atoms with Crippen LogP contribution in [-0.2, 0) is 17.9 Å². The zero-order valence-electron chi connectivity index (χ0n) is 15.8. The molecule has 0 heterocycles. The van der Waals surface area contributed by atoms with Gasteiger partial charge in [-0.3, -0.25) is 9.59 Å². The zero-order chi connectivity index (χ0) is 18.9. The van der Waals surface area contributed by atoms with E-state index in [0.717, 1.165) is 11.1 Å². The predicted molar refractivity (Wildman–Crippen MR) is 111 cm³/mol. The maximum atomic E-state index is 12.3. The summed E-state index contributed by atoms with van der Waals surface area (Å²) in [6.07, 6.45) is 1.07. The Hall–Kier alpha value is -2.37. The van der Waals surface area contributed by atoms with E-state index in [9.17, 15) is 9.59 Å². The molecule has 0 saturated heterocycles. The minimum absolute atomic E-state index is 0. The summed E-state index contributed by atoms with van der Waals surface area (Å²) < 4.78 is 0. The maximum absolute atomic E-state index is 12.3. The highest BCUT2D eigenvalue weighted by Crippen LogP contribution is 2.07. The van der Waals surface area contributed by atoms with Crippen molar-refractivity contribution >= 4 is 24.2 Å². The molecule has 0 aliphatic heterocycles. The fourth-order valence-electron chi connectivity index (χ4n) is 2.46. The molecule has 0 saturated carbocycles. The number of nitrogens with two attached hydrogens (primary N) is 1. The van der Waals surface area contributed by atoms with Crippen LogP contribution in [0, 0.1) is 6.92 Å². The SMILES string of the molecule is Cc1ccc(CNC(=O)c2cccc(CNC(=O)CCC(C)N)c2)cc1.Cl. The first-order valence-electron chi connectivity index (χ1n) is 8.89. The summed E-state index contributed by atoms with van der Waals surface area (Å²) in [5.41, 5.74) is 9.38. The molecule has 4 N–H and O–H groups in total. The van der Waals surface area contributed by atoms with Crippen LogP contribution in [-0.4, -0.2) is 17.9 Å². The molecule has 0 spiro atoms. The fourth-order valence-corrected chi connectivity index (χ4v) is 2.46. The third-order valence-electron chi connectivity index (χ3n) is 4.08. The lowest BCUT2D eigenvalue weighted by molar-refractivity contribution is -0.121. The highest BCUT2D eigenvalue weighted by Gasteiger charge is 2.08. The van der Waals surface area contributed by atoms with Gasteiger partial charge in [-0.1, -0.05) is 42.0 Å². The summed E-state index contributed by atoms with van der Waals surface area (Å²) in [6.45, 7) is 4.80. The minimum atomic E-state index is -0.129. The molecule has 27 heavy (non-hydrogen) atoms. The van der Waals surface area contributed by atoms with E-state index in [0.29, 0.717) is 31.5 Å². The van der Waals surface area contributed by atoms with Gasteiger partial charge in [0.25, 0.3) is 5.91 Å². The smallest absolute Gasteiger partial charge is 0.251 e. The summed E-state index contributed by atoms with van der Waals surface area (Å²) in [5, 5.41) is 5.78. The number of halogens is 1. The standard InChI is InChI=1S/C21H27N3O2.ClH/c1-15-6-9-17(10-7-15)13-24-21(26)19-5-3-4-18(12-19)14-23-20(25)11-8-16(2)22;/h3-7,9-10,12,16H,8,11,13-14,22H2,1-2H3,(H,23,25)(H,24,26);1H. The van der Waals surface area contributed by atoms with Gasteiger partial charge in [-0.2, -0.15) is 0 Å². The van der Waals surface area contributed by atoms with Crippen LogP contribution in [0.3, 0.4) is 0 Å². The van der Waals surface area contributed by atoms with Crippen LogP contribution < -0.4 is 16.4 Å². The molecule has 2 aromatic rings. The second-order valence-electron chi connectivity index (χ2n) is 6.66. The minimum Gasteiger partial charge on any atom is -0.352 e. The number of hydrogen-bond donors (Lipinski definition) is 3. The lowest BCUT2D eigenvalue weighted by Crippen LogP contribution is -2.26. The van der Waals surface area contributed by atoms with Gasteiger partial charge in [-0.05, 0) is 43.5 Å². The van der Waals surface area contributed by atoms with E-state index in [4.69, 9.17) is 5.73 Å². The normalized spacial score (nSPS) is 11.2. The van der Waals surface area contributed by atoms with Crippen molar-refractivity contribution in [1.82, 2.24) is 10.6 Å². The molecular weight excluding hydrogens is 362 g/mol. The molecule has 6 heteroatoms. The lowest BCUT2D eigenvalue weighted by atomic mass is 10.1. The van der Waals surface area contributed by atoms with Crippen LogP contribution >= 0.6 is 12.4 Å². The Bertz CT molecular complexity index is 745. The quantitative estimate of drug-likeness (QED) is 0.648. The van der Waals surface area contributed by atoms with Crippen LogP contribution in [0.5, 0.6) is 0 Å². The molecule has 146 valence electrons. The van der Waals surface area contributed by atoms with Gasteiger partial charge >= 0.3 is 0 Å². The Morgan fingerprint density at radius 1 is 1.00 bits per heavy atom. The van der Waals surface area contributed by atoms with E-state index < -0.39 is 0 Å². The van der Waals surface area contributed by atoms with Crippen molar-refractivity contribution in [3.05, 3.63) is 70.8 Å². The predicted octanol–water partition coefficient (Wildman–Crippen LogP) is 3.09. The van der Waals surface area contributed by atoms with E-state index in [-0.39, 0.29) is 30.3 Å². The Morgan fingerprint density at radius 2 is 1.67 bits per heavy atom. The van der Waals surface area contributed by atoms with Crippen molar-refractivity contribution in [3.8, 4) is 0 Å². The maximum Gasteiger partial charge on any atom is 0.251 e. The van der Waals surface area contributed by atoms with Gasteiger partial charge < -0.3 is 16.4 Å². The van der Waals surface area contributed by atoms with Gasteiger partial charge in [0.05, 0.1) is 0 Å². The number of hydrogen-bond acceptors (Lipinski definition) is 3. The highest BCUT2D eigenvalue weighted by molar-refractivity contribution is 5.94. The second-order valence-corrected chi connectivity index (χ2v) is 6.66. The number of benzene rings is 2. The molecule has 0 radical (unpaired) electrons. The van der Waals surface area contributed by atoms with E-state index >= 15 is 0 Å². The highest BCUT2D eigenvalue weighted by atomic mass is 35.5. The van der Waals surface area contributed by atoms with Gasteiger partial charge in [-0.15, -0.1) is 12.4 Å². The molecule has 2 amide bonds. The molecule has 2 aromatic carbocycles. The second kappa shape index (κ2) is 11.4. The van der Waals surface area contributed by atoms with Crippen molar-refractivity contribution in [2.75, 3.05) is 0 Å². The van der Waals surface area contributed by atoms with Crippen LogP contribution in [0.25, 0.3) is 0 Å². The number of amides is 2. The third-order valence-corrected chi connectivity index (χ3v) is 4.08. The lowest BCUT2D eigenvalue weighted by Gasteiger charge is -2.09. The molecule has 0 aliphatic rings. The van der Waals surface area contributed by atoms with E-state index in [1.807, 2.05) is 50.2 Å². The number of nitrogens with one attached hydrogen (secondary N) is 2. The number of aryl methyl sites for hydroxylation is 1. The third kappa shape index (κ3) is 8.24. The Labute approximate surface area is 167 Å². The van der Waals surface area contributed by atoms with Crippen LogP contribution in [0.4, 0.5) is 0 Å². The number of rotatable bonds is 8. The monoisotopic (exact) mass is 389 g/mol. The van der Waals surface area contributed by atoms with Gasteiger partial charge in [0.15, 0.2) is 0 Å². The first-order valence-corrected chi connectivity index (χ1v) is 8.89. The van der Waals surface area contributed by atoms with Crippen LogP contribution in [0.2, 0.25) is 0 Å². The molecular formula is C21H28ClN3O2. The molecule has 5 nitrogen and oxygen atoms in total. The van der Waals surface area contributed by atoms with Gasteiger partial charge in [0.2, 0.25) is 5.91 Å². The first-order chi connectivity index (χ1) is 12.4. The Balaban J connectivity index is 0.00000364. The molecule has 1 unspecified atom stereocenters. The van der Waals surface area contributed by atoms with Crippen molar-refractivity contribution in [1.29, 1.82) is 0 Å². The Morgan fingerprint density at radius 3 is 2.33 bits per heavy atom. The zero-order valence-corrected chi connectivity index (χ0v) is 16.6. The summed E-state index contributed by atoms with van der Waals surface area (Å²) in [4.78, 5) is 24.1. The molecule has 0 aliphatic carbocycles. The summed E-state index contributed by atoms with van der Waals surface area (Å²) in [7, 11) is 0. The van der Waals surface area contributed by atoms with Crippen molar-refractivity contribution in [3.63, 3.8) is 0 Å². The van der Waals surface area contributed by atoms with Gasteiger partial charge in [-0.25, -0.2) is 0 Å². The summed E-state index contributed by atoms with van der Waals surface area (Å²) in [5.74, 6) is -0.160. The fraction of sp³-hybridized carbons (Fsp3) is 0.333. The van der Waals surface area contributed by atoms with E-state index in [1.54, 1.807) is 12.1 Å². The average Bonchev–Trinajstić information content (AvgIpc) is 2.64. The Kier molecular flexibility index (Phi) is 9.54. The van der Waals surface area contributed by atoms with Crippen molar-refractivity contribution in [2.45, 2.75) is 45.8 Å². The van der Waals surface area contributed by atoms with Crippen LogP contribution in [0.1, 0.15) is 46.8 Å². The van der Waals surface area contributed by atoms with Gasteiger partial charge in [0.1, 0.15) is 0 Å². The number of carbonyl (C=O) groups excluding carboxylic acids is 2. The topological polar surface area (TPSA) is 84.2 Å². The van der Waals surface area contributed by atoms with E-state index in [1.165, 1.54) is 5.56 Å². The largest absolute Gasteiger partial charge is 0.352 e. The molecule has 0 aromatic heterocycles. The number of carbonyl (C=O) groups is 2. The first kappa shape index (κ1) is 22.7. The van der Waals surface area contributed by atoms with Crippen molar-refractivity contribution in [2.24, 2.45) is 5.73 Å². The van der Waals surface area contributed by atoms with Crippen molar-refractivity contribution < 1.29 is 9.59 Å². The van der Waals surface area contributed by atoms with E-state index in [2.05, 4.69) is 10.6 Å². The molecule has 1 atom stereocenters. The molecule has 0 bridgehead atoms. The summed E-state index contributed by atoms with van der Waals surface area (Å²) >= 11 is 0.